The van der Waals surface area contributed by atoms with Crippen LogP contribution in [0.5, 0.6) is 0 Å². The molecule has 1 heterocycles. The fourth-order valence-electron chi connectivity index (χ4n) is 5.82. The number of fused-ring (bicyclic) bond motifs is 3. The first-order chi connectivity index (χ1) is 11.5. The van der Waals surface area contributed by atoms with Crippen LogP contribution < -0.4 is 4.90 Å². The van der Waals surface area contributed by atoms with E-state index in [4.69, 9.17) is 0 Å². The van der Waals surface area contributed by atoms with E-state index in [9.17, 15) is 0 Å². The minimum Gasteiger partial charge on any atom is -0.364 e. The Morgan fingerprint density at radius 2 is 1.88 bits per heavy atom. The van der Waals surface area contributed by atoms with Crippen LogP contribution in [0, 0.1) is 5.92 Å². The Labute approximate surface area is 149 Å². The minimum atomic E-state index is 0.315. The van der Waals surface area contributed by atoms with Gasteiger partial charge in [-0.05, 0) is 57.5 Å². The third kappa shape index (κ3) is 2.49. The van der Waals surface area contributed by atoms with E-state index in [0.29, 0.717) is 11.0 Å². The second-order valence-electron chi connectivity index (χ2n) is 8.60. The molecule has 0 amide bonds. The number of para-hydroxylation sites is 1. The van der Waals surface area contributed by atoms with Crippen LogP contribution >= 0.6 is 0 Å². The molecule has 0 saturated heterocycles. The molecule has 0 spiro atoms. The molecule has 2 aliphatic rings. The maximum atomic E-state index is 2.85. The van der Waals surface area contributed by atoms with Crippen molar-refractivity contribution in [2.75, 3.05) is 32.1 Å². The molecule has 24 heavy (non-hydrogen) atoms. The monoisotopic (exact) mass is 328 g/mol. The average Bonchev–Trinajstić information content (AvgIpc) is 2.81. The number of benzene rings is 1. The van der Waals surface area contributed by atoms with Crippen LogP contribution in [0.4, 0.5) is 5.69 Å². The zero-order valence-electron chi connectivity index (χ0n) is 16.4. The predicted octanol–water partition coefficient (Wildman–Crippen LogP) is 5.07. The van der Waals surface area contributed by atoms with E-state index >= 15 is 0 Å². The second kappa shape index (κ2) is 6.71. The molecule has 1 fully saturated rings. The molecule has 0 N–H and O–H groups in total. The van der Waals surface area contributed by atoms with Gasteiger partial charge in [0.1, 0.15) is 0 Å². The van der Waals surface area contributed by atoms with Crippen molar-refractivity contribution < 1.29 is 0 Å². The molecule has 3 atom stereocenters. The first-order valence-corrected chi connectivity index (χ1v) is 9.99. The van der Waals surface area contributed by atoms with Crippen LogP contribution in [0.25, 0.3) is 0 Å². The number of rotatable bonds is 6. The quantitative estimate of drug-likeness (QED) is 0.719. The minimum absolute atomic E-state index is 0.315. The van der Waals surface area contributed by atoms with Gasteiger partial charge in [-0.3, -0.25) is 0 Å². The van der Waals surface area contributed by atoms with E-state index in [0.717, 1.165) is 5.92 Å². The Morgan fingerprint density at radius 1 is 1.17 bits per heavy atom. The molecule has 3 rings (SSSR count). The van der Waals surface area contributed by atoms with Crippen LogP contribution in [-0.4, -0.2) is 37.6 Å². The largest absolute Gasteiger partial charge is 0.364 e. The summed E-state index contributed by atoms with van der Waals surface area (Å²) in [5.74, 6) is 0.731. The summed E-state index contributed by atoms with van der Waals surface area (Å²) in [6.07, 6.45) is 7.99. The van der Waals surface area contributed by atoms with E-state index in [-0.39, 0.29) is 0 Å². The van der Waals surface area contributed by atoms with Crippen molar-refractivity contribution in [2.45, 2.75) is 70.3 Å². The lowest BCUT2D eigenvalue weighted by molar-refractivity contribution is 0.103. The Bertz CT molecular complexity index is 567. The van der Waals surface area contributed by atoms with Crippen LogP contribution in [0.2, 0.25) is 0 Å². The summed E-state index contributed by atoms with van der Waals surface area (Å²) >= 11 is 0. The number of nitrogens with zero attached hydrogens (tertiary/aromatic N) is 2. The summed E-state index contributed by atoms with van der Waals surface area (Å²) in [4.78, 5) is 5.16. The Hall–Kier alpha value is -1.02. The molecule has 2 heteroatoms. The number of hydrogen-bond donors (Lipinski definition) is 0. The third-order valence-electron chi connectivity index (χ3n) is 7.13. The van der Waals surface area contributed by atoms with Gasteiger partial charge in [0.05, 0.1) is 5.54 Å². The van der Waals surface area contributed by atoms with Crippen molar-refractivity contribution in [3.63, 3.8) is 0 Å². The smallest absolute Gasteiger partial charge is 0.0522 e. The topological polar surface area (TPSA) is 6.48 Å². The Balaban J connectivity index is 2.05. The fourth-order valence-corrected chi connectivity index (χ4v) is 5.82. The van der Waals surface area contributed by atoms with Crippen molar-refractivity contribution in [3.05, 3.63) is 29.8 Å². The molecule has 1 aliphatic carbocycles. The summed E-state index contributed by atoms with van der Waals surface area (Å²) < 4.78 is 0. The van der Waals surface area contributed by atoms with E-state index in [1.165, 1.54) is 57.3 Å². The van der Waals surface area contributed by atoms with Gasteiger partial charge in [-0.25, -0.2) is 0 Å². The van der Waals surface area contributed by atoms with E-state index < -0.39 is 0 Å². The van der Waals surface area contributed by atoms with Crippen molar-refractivity contribution in [1.82, 2.24) is 4.90 Å². The molecule has 0 bridgehead atoms. The highest BCUT2D eigenvalue weighted by Gasteiger charge is 2.61. The van der Waals surface area contributed by atoms with Crippen LogP contribution in [0.15, 0.2) is 24.3 Å². The molecule has 2 nitrogen and oxygen atoms in total. The zero-order valence-corrected chi connectivity index (χ0v) is 16.4. The summed E-state index contributed by atoms with van der Waals surface area (Å²) in [5, 5.41) is 0. The van der Waals surface area contributed by atoms with Gasteiger partial charge < -0.3 is 9.80 Å². The molecule has 0 radical (unpaired) electrons. The van der Waals surface area contributed by atoms with Gasteiger partial charge in [-0.15, -0.1) is 0 Å². The highest BCUT2D eigenvalue weighted by molar-refractivity contribution is 5.67. The third-order valence-corrected chi connectivity index (χ3v) is 7.13. The highest BCUT2D eigenvalue weighted by atomic mass is 15.3. The van der Waals surface area contributed by atoms with Crippen LogP contribution in [0.1, 0.15) is 64.9 Å². The number of hydrogen-bond acceptors (Lipinski definition) is 2. The molecule has 3 unspecified atom stereocenters. The summed E-state index contributed by atoms with van der Waals surface area (Å²) in [5.41, 5.74) is 3.78. The molecule has 1 aromatic carbocycles. The van der Waals surface area contributed by atoms with Gasteiger partial charge in [-0.1, -0.05) is 58.2 Å². The molecule has 134 valence electrons. The molecular weight excluding hydrogens is 292 g/mol. The van der Waals surface area contributed by atoms with Gasteiger partial charge in [0.25, 0.3) is 0 Å². The lowest BCUT2D eigenvalue weighted by Gasteiger charge is -2.56. The lowest BCUT2D eigenvalue weighted by Crippen LogP contribution is -2.62. The SMILES string of the molecule is CCC(C)C12CCCCC1(C)c1ccccc1N2CCCN(C)C. The van der Waals surface area contributed by atoms with E-state index in [1.807, 2.05) is 0 Å². The predicted molar refractivity (Wildman–Crippen MR) is 105 cm³/mol. The number of anilines is 1. The first kappa shape index (κ1) is 17.8. The van der Waals surface area contributed by atoms with Crippen molar-refractivity contribution in [3.8, 4) is 0 Å². The van der Waals surface area contributed by atoms with Crippen molar-refractivity contribution in [2.24, 2.45) is 5.92 Å². The highest BCUT2D eigenvalue weighted by Crippen LogP contribution is 2.61. The van der Waals surface area contributed by atoms with E-state index in [1.54, 1.807) is 5.56 Å². The first-order valence-electron chi connectivity index (χ1n) is 9.99. The van der Waals surface area contributed by atoms with Crippen molar-refractivity contribution in [1.29, 1.82) is 0 Å². The normalized spacial score (nSPS) is 30.3. The molecular formula is C22H36N2. The molecule has 0 aromatic heterocycles. The van der Waals surface area contributed by atoms with E-state index in [2.05, 4.69) is 68.9 Å². The second-order valence-corrected chi connectivity index (χ2v) is 8.60. The summed E-state index contributed by atoms with van der Waals surface area (Å²) in [7, 11) is 4.38. The standard InChI is InChI=1S/C22H36N2/c1-6-18(2)22-15-10-9-14-21(22,3)19-12-7-8-13-20(19)24(22)17-11-16-23(4)5/h7-8,12-13,18H,6,9-11,14-17H2,1-5H3. The molecule has 1 aliphatic heterocycles. The van der Waals surface area contributed by atoms with Crippen molar-refractivity contribution >= 4 is 5.69 Å². The summed E-state index contributed by atoms with van der Waals surface area (Å²) in [6, 6.07) is 9.30. The Kier molecular flexibility index (Phi) is 4.97. The summed E-state index contributed by atoms with van der Waals surface area (Å²) in [6.45, 7) is 9.83. The van der Waals surface area contributed by atoms with Crippen LogP contribution in [-0.2, 0) is 5.41 Å². The molecule has 1 saturated carbocycles. The zero-order chi connectivity index (χ0) is 17.4. The van der Waals surface area contributed by atoms with Gasteiger partial charge in [0, 0.05) is 17.6 Å². The lowest BCUT2D eigenvalue weighted by atomic mass is 9.56. The fraction of sp³-hybridized carbons (Fsp3) is 0.727. The van der Waals surface area contributed by atoms with Crippen LogP contribution in [0.3, 0.4) is 0 Å². The van der Waals surface area contributed by atoms with Gasteiger partial charge >= 0.3 is 0 Å². The maximum absolute atomic E-state index is 2.85. The molecule has 1 aromatic rings. The van der Waals surface area contributed by atoms with Gasteiger partial charge in [0.15, 0.2) is 0 Å². The van der Waals surface area contributed by atoms with Gasteiger partial charge in [-0.2, -0.15) is 0 Å². The van der Waals surface area contributed by atoms with Gasteiger partial charge in [0.2, 0.25) is 0 Å². The average molecular weight is 329 g/mol. The maximum Gasteiger partial charge on any atom is 0.0522 e. The Morgan fingerprint density at radius 3 is 2.58 bits per heavy atom.